The maximum atomic E-state index is 11.7. The first kappa shape index (κ1) is 29.3. The van der Waals surface area contributed by atoms with Crippen LogP contribution in [0.5, 0.6) is 0 Å². The molecule has 3 atom stereocenters. The van der Waals surface area contributed by atoms with Crippen LogP contribution in [0.4, 0.5) is 5.69 Å². The van der Waals surface area contributed by atoms with Crippen molar-refractivity contribution in [2.45, 2.75) is 64.6 Å². The Morgan fingerprint density at radius 2 is 1.42 bits per heavy atom. The largest absolute Gasteiger partial charge is 0.345 e. The lowest BCUT2D eigenvalue weighted by Crippen LogP contribution is -2.48. The van der Waals surface area contributed by atoms with Gasteiger partial charge in [0.2, 0.25) is 0 Å². The number of allylic oxidation sites excluding steroid dienone is 3. The average Bonchev–Trinajstić information content (AvgIpc) is 3.02. The van der Waals surface area contributed by atoms with Crippen molar-refractivity contribution in [1.82, 2.24) is 14.7 Å². The zero-order valence-electron chi connectivity index (χ0n) is 25.6. The van der Waals surface area contributed by atoms with Crippen LogP contribution in [0.1, 0.15) is 62.1 Å². The zero-order valence-corrected chi connectivity index (χ0v) is 25.6. The van der Waals surface area contributed by atoms with Gasteiger partial charge in [-0.3, -0.25) is 19.9 Å². The van der Waals surface area contributed by atoms with Gasteiger partial charge in [-0.05, 0) is 80.8 Å². The SMILES string of the molecule is CC1=CC(c2cccc([N+](=O)[O-])c2)C(C2CCCN(Cc3ccccc3)C2)=C(C)N1C1CCCN(Cc2ccccc2)C1. The molecule has 3 aliphatic rings. The monoisotopic (exact) mass is 576 g/mol. The fourth-order valence-electron chi connectivity index (χ4n) is 7.78. The molecule has 0 amide bonds. The van der Waals surface area contributed by atoms with Crippen LogP contribution in [-0.4, -0.2) is 51.8 Å². The van der Waals surface area contributed by atoms with Crippen molar-refractivity contribution in [1.29, 1.82) is 0 Å². The van der Waals surface area contributed by atoms with Gasteiger partial charge in [0.25, 0.3) is 5.69 Å². The number of likely N-dealkylation sites (tertiary alicyclic amines) is 2. The van der Waals surface area contributed by atoms with Crippen LogP contribution in [-0.2, 0) is 13.1 Å². The predicted octanol–water partition coefficient (Wildman–Crippen LogP) is 7.75. The quantitative estimate of drug-likeness (QED) is 0.203. The normalized spacial score (nSPS) is 23.7. The summed E-state index contributed by atoms with van der Waals surface area (Å²) in [5, 5.41) is 11.7. The van der Waals surface area contributed by atoms with E-state index in [1.54, 1.807) is 12.1 Å². The van der Waals surface area contributed by atoms with Crippen LogP contribution in [0.25, 0.3) is 0 Å². The van der Waals surface area contributed by atoms with Crippen molar-refractivity contribution in [3.8, 4) is 0 Å². The van der Waals surface area contributed by atoms with Gasteiger partial charge in [-0.15, -0.1) is 0 Å². The van der Waals surface area contributed by atoms with Gasteiger partial charge in [-0.2, -0.15) is 0 Å². The van der Waals surface area contributed by atoms with Gasteiger partial charge in [0, 0.05) is 61.7 Å². The number of nitrogens with zero attached hydrogens (tertiary/aromatic N) is 4. The summed E-state index contributed by atoms with van der Waals surface area (Å²) >= 11 is 0. The van der Waals surface area contributed by atoms with E-state index in [9.17, 15) is 10.1 Å². The standard InChI is InChI=1S/C37H44N4O2/c1-28-22-36(32-16-9-18-34(23-32)41(42)43)37(33-17-10-20-38(26-33)24-30-12-5-3-6-13-30)29(2)40(28)35-19-11-21-39(27-35)25-31-14-7-4-8-15-31/h3-9,12-16,18,22-23,33,35-36H,10-11,17,19-21,24-27H2,1-2H3. The lowest BCUT2D eigenvalue weighted by Gasteiger charge is -2.47. The molecule has 3 aromatic rings. The van der Waals surface area contributed by atoms with Crippen LogP contribution in [0.2, 0.25) is 0 Å². The summed E-state index contributed by atoms with van der Waals surface area (Å²) in [5.74, 6) is 0.444. The molecule has 6 heteroatoms. The summed E-state index contributed by atoms with van der Waals surface area (Å²) in [7, 11) is 0. The van der Waals surface area contributed by atoms with Gasteiger partial charge in [0.1, 0.15) is 0 Å². The number of nitro benzene ring substituents is 1. The van der Waals surface area contributed by atoms with E-state index >= 15 is 0 Å². The molecule has 0 saturated carbocycles. The van der Waals surface area contributed by atoms with E-state index in [2.05, 4.69) is 101 Å². The van der Waals surface area contributed by atoms with Crippen molar-refractivity contribution in [3.63, 3.8) is 0 Å². The van der Waals surface area contributed by atoms with Crippen molar-refractivity contribution in [3.05, 3.63) is 135 Å². The van der Waals surface area contributed by atoms with E-state index in [1.165, 1.54) is 40.9 Å². The summed E-state index contributed by atoms with van der Waals surface area (Å²) in [5.41, 5.74) is 7.98. The third-order valence-corrected chi connectivity index (χ3v) is 9.63. The molecule has 43 heavy (non-hydrogen) atoms. The fourth-order valence-corrected chi connectivity index (χ4v) is 7.78. The summed E-state index contributed by atoms with van der Waals surface area (Å²) in [6.45, 7) is 10.8. The zero-order chi connectivity index (χ0) is 29.8. The number of piperidine rings is 2. The smallest absolute Gasteiger partial charge is 0.269 e. The molecule has 0 radical (unpaired) electrons. The molecule has 3 aromatic carbocycles. The maximum Gasteiger partial charge on any atom is 0.269 e. The van der Waals surface area contributed by atoms with E-state index in [0.29, 0.717) is 12.0 Å². The van der Waals surface area contributed by atoms with Gasteiger partial charge in [0.15, 0.2) is 0 Å². The molecule has 0 bridgehead atoms. The Hall–Kier alpha value is -3.74. The van der Waals surface area contributed by atoms with E-state index < -0.39 is 0 Å². The lowest BCUT2D eigenvalue weighted by molar-refractivity contribution is -0.384. The maximum absolute atomic E-state index is 11.7. The Labute approximate surface area is 256 Å². The second-order valence-electron chi connectivity index (χ2n) is 12.6. The minimum absolute atomic E-state index is 0.0434. The van der Waals surface area contributed by atoms with E-state index in [1.807, 2.05) is 6.07 Å². The van der Waals surface area contributed by atoms with Crippen LogP contribution >= 0.6 is 0 Å². The highest BCUT2D eigenvalue weighted by Crippen LogP contribution is 2.44. The predicted molar refractivity (Wildman–Crippen MR) is 173 cm³/mol. The Bertz CT molecular complexity index is 1470. The number of rotatable bonds is 8. The van der Waals surface area contributed by atoms with Crippen LogP contribution < -0.4 is 0 Å². The number of nitro groups is 1. The van der Waals surface area contributed by atoms with Gasteiger partial charge in [0.05, 0.1) is 4.92 Å². The van der Waals surface area contributed by atoms with Crippen molar-refractivity contribution in [2.75, 3.05) is 26.2 Å². The first-order valence-electron chi connectivity index (χ1n) is 15.9. The van der Waals surface area contributed by atoms with Crippen molar-refractivity contribution in [2.24, 2.45) is 5.92 Å². The molecule has 2 saturated heterocycles. The lowest BCUT2D eigenvalue weighted by atomic mass is 9.76. The first-order chi connectivity index (χ1) is 21.0. The molecule has 0 spiro atoms. The minimum atomic E-state index is -0.267. The molecule has 6 nitrogen and oxygen atoms in total. The van der Waals surface area contributed by atoms with E-state index in [4.69, 9.17) is 0 Å². The van der Waals surface area contributed by atoms with Crippen molar-refractivity contribution < 1.29 is 4.92 Å². The second kappa shape index (κ2) is 13.3. The Morgan fingerprint density at radius 1 is 0.791 bits per heavy atom. The van der Waals surface area contributed by atoms with Gasteiger partial charge >= 0.3 is 0 Å². The Balaban J connectivity index is 1.32. The number of hydrogen-bond acceptors (Lipinski definition) is 5. The molecule has 3 unspecified atom stereocenters. The molecular formula is C37H44N4O2. The molecule has 3 heterocycles. The third-order valence-electron chi connectivity index (χ3n) is 9.63. The van der Waals surface area contributed by atoms with Gasteiger partial charge < -0.3 is 4.90 Å². The van der Waals surface area contributed by atoms with E-state index in [-0.39, 0.29) is 16.5 Å². The summed E-state index contributed by atoms with van der Waals surface area (Å²) in [6, 6.07) is 29.3. The highest BCUT2D eigenvalue weighted by Gasteiger charge is 2.37. The van der Waals surface area contributed by atoms with Gasteiger partial charge in [-0.1, -0.05) is 78.9 Å². The number of benzene rings is 3. The Morgan fingerprint density at radius 3 is 2.07 bits per heavy atom. The highest BCUT2D eigenvalue weighted by atomic mass is 16.6. The fraction of sp³-hybridized carbons (Fsp3) is 0.405. The molecule has 0 aliphatic carbocycles. The summed E-state index contributed by atoms with van der Waals surface area (Å²) in [6.07, 6.45) is 7.06. The first-order valence-corrected chi connectivity index (χ1v) is 15.9. The topological polar surface area (TPSA) is 52.9 Å². The van der Waals surface area contributed by atoms with Crippen LogP contribution in [0.3, 0.4) is 0 Å². The average molecular weight is 577 g/mol. The summed E-state index contributed by atoms with van der Waals surface area (Å²) in [4.78, 5) is 19.3. The number of hydrogen-bond donors (Lipinski definition) is 0. The number of non-ortho nitro benzene ring substituents is 1. The molecule has 6 rings (SSSR count). The molecule has 224 valence electrons. The molecule has 2 fully saturated rings. The molecule has 0 N–H and O–H groups in total. The van der Waals surface area contributed by atoms with Crippen LogP contribution in [0.15, 0.2) is 108 Å². The van der Waals surface area contributed by atoms with Crippen molar-refractivity contribution >= 4 is 5.69 Å². The third kappa shape index (κ3) is 6.76. The summed E-state index contributed by atoms with van der Waals surface area (Å²) < 4.78 is 0. The highest BCUT2D eigenvalue weighted by molar-refractivity contribution is 5.46. The Kier molecular flexibility index (Phi) is 9.06. The molecule has 3 aliphatic heterocycles. The minimum Gasteiger partial charge on any atom is -0.345 e. The second-order valence-corrected chi connectivity index (χ2v) is 12.6. The van der Waals surface area contributed by atoms with Gasteiger partial charge in [-0.25, -0.2) is 0 Å². The van der Waals surface area contributed by atoms with Crippen LogP contribution in [0, 0.1) is 16.0 Å². The molecular weight excluding hydrogens is 532 g/mol. The van der Waals surface area contributed by atoms with E-state index in [0.717, 1.165) is 57.7 Å². The molecule has 0 aromatic heterocycles.